The first-order valence-electron chi connectivity index (χ1n) is 5.40. The van der Waals surface area contributed by atoms with E-state index in [1.54, 1.807) is 6.33 Å². The molecule has 0 saturated carbocycles. The first-order valence-corrected chi connectivity index (χ1v) is 5.40. The number of nitrogens with one attached hydrogen (secondary N) is 2. The van der Waals surface area contributed by atoms with E-state index >= 15 is 0 Å². The molecule has 0 unspecified atom stereocenters. The van der Waals surface area contributed by atoms with Crippen LogP contribution in [0.3, 0.4) is 0 Å². The fraction of sp³-hybridized carbons (Fsp3) is 0.700. The highest BCUT2D eigenvalue weighted by molar-refractivity contribution is 5.77. The molecule has 0 radical (unpaired) electrons. The standard InChI is InChI=1S/C10H19N5O/c1-8(2)4-12-10(16)6-11-5-9-14-13-7-15(9)3/h7-8,11H,4-6H2,1-3H3,(H,12,16). The van der Waals surface area contributed by atoms with E-state index in [0.29, 0.717) is 25.6 Å². The van der Waals surface area contributed by atoms with Crippen molar-refractivity contribution in [1.82, 2.24) is 25.4 Å². The van der Waals surface area contributed by atoms with Gasteiger partial charge < -0.3 is 15.2 Å². The van der Waals surface area contributed by atoms with E-state index in [4.69, 9.17) is 0 Å². The van der Waals surface area contributed by atoms with Crippen LogP contribution in [-0.4, -0.2) is 33.8 Å². The largest absolute Gasteiger partial charge is 0.355 e. The zero-order valence-electron chi connectivity index (χ0n) is 10.0. The minimum atomic E-state index is 0.0101. The van der Waals surface area contributed by atoms with Crippen molar-refractivity contribution in [2.45, 2.75) is 20.4 Å². The van der Waals surface area contributed by atoms with Gasteiger partial charge in [0.15, 0.2) is 0 Å². The average Bonchev–Trinajstić information content (AvgIpc) is 2.61. The highest BCUT2D eigenvalue weighted by Gasteiger charge is 2.03. The summed E-state index contributed by atoms with van der Waals surface area (Å²) in [6.07, 6.45) is 1.63. The van der Waals surface area contributed by atoms with Crippen molar-refractivity contribution >= 4 is 5.91 Å². The van der Waals surface area contributed by atoms with Crippen LogP contribution in [0, 0.1) is 5.92 Å². The average molecular weight is 225 g/mol. The van der Waals surface area contributed by atoms with E-state index < -0.39 is 0 Å². The Labute approximate surface area is 95.4 Å². The van der Waals surface area contributed by atoms with Gasteiger partial charge in [-0.15, -0.1) is 10.2 Å². The van der Waals surface area contributed by atoms with Crippen LogP contribution in [0.2, 0.25) is 0 Å². The number of rotatable bonds is 6. The predicted octanol–water partition coefficient (Wildman–Crippen LogP) is -0.323. The van der Waals surface area contributed by atoms with Crippen LogP contribution >= 0.6 is 0 Å². The van der Waals surface area contributed by atoms with Crippen molar-refractivity contribution in [3.05, 3.63) is 12.2 Å². The predicted molar refractivity (Wildman–Crippen MR) is 60.6 cm³/mol. The van der Waals surface area contributed by atoms with E-state index in [-0.39, 0.29) is 5.91 Å². The van der Waals surface area contributed by atoms with Gasteiger partial charge in [0.25, 0.3) is 0 Å². The highest BCUT2D eigenvalue weighted by Crippen LogP contribution is 1.89. The number of nitrogens with zero attached hydrogens (tertiary/aromatic N) is 3. The van der Waals surface area contributed by atoms with Crippen molar-refractivity contribution in [1.29, 1.82) is 0 Å². The molecule has 1 heterocycles. The summed E-state index contributed by atoms with van der Waals surface area (Å²) < 4.78 is 1.82. The van der Waals surface area contributed by atoms with Gasteiger partial charge >= 0.3 is 0 Å². The normalized spacial score (nSPS) is 10.8. The number of aromatic nitrogens is 3. The quantitative estimate of drug-likeness (QED) is 0.696. The summed E-state index contributed by atoms with van der Waals surface area (Å²) in [4.78, 5) is 11.3. The van der Waals surface area contributed by atoms with Crippen LogP contribution in [0.1, 0.15) is 19.7 Å². The number of hydrogen-bond acceptors (Lipinski definition) is 4. The van der Waals surface area contributed by atoms with Crippen molar-refractivity contribution in [3.8, 4) is 0 Å². The molecular formula is C10H19N5O. The Morgan fingerprint density at radius 1 is 1.56 bits per heavy atom. The third kappa shape index (κ3) is 4.39. The smallest absolute Gasteiger partial charge is 0.233 e. The summed E-state index contributed by atoms with van der Waals surface area (Å²) in [7, 11) is 1.87. The molecule has 0 fully saturated rings. The molecule has 1 amide bonds. The third-order valence-corrected chi connectivity index (χ3v) is 2.08. The molecule has 0 aliphatic carbocycles. The minimum Gasteiger partial charge on any atom is -0.355 e. The molecule has 0 atom stereocenters. The molecule has 0 aliphatic heterocycles. The molecule has 1 rings (SSSR count). The lowest BCUT2D eigenvalue weighted by molar-refractivity contribution is -0.120. The SMILES string of the molecule is CC(C)CNC(=O)CNCc1nncn1C. The van der Waals surface area contributed by atoms with E-state index in [1.807, 2.05) is 11.6 Å². The molecule has 0 aromatic carbocycles. The monoisotopic (exact) mass is 225 g/mol. The van der Waals surface area contributed by atoms with Crippen LogP contribution in [-0.2, 0) is 18.4 Å². The Bertz CT molecular complexity index is 334. The molecule has 16 heavy (non-hydrogen) atoms. The maximum atomic E-state index is 11.3. The maximum absolute atomic E-state index is 11.3. The lowest BCUT2D eigenvalue weighted by atomic mass is 10.2. The summed E-state index contributed by atoms with van der Waals surface area (Å²) in [6, 6.07) is 0. The maximum Gasteiger partial charge on any atom is 0.233 e. The van der Waals surface area contributed by atoms with Gasteiger partial charge in [0.1, 0.15) is 12.2 Å². The fourth-order valence-electron chi connectivity index (χ4n) is 1.14. The first-order chi connectivity index (χ1) is 7.59. The van der Waals surface area contributed by atoms with Crippen LogP contribution in [0.25, 0.3) is 0 Å². The number of carbonyl (C=O) groups is 1. The van der Waals surface area contributed by atoms with E-state index in [0.717, 1.165) is 5.82 Å². The number of carbonyl (C=O) groups excluding carboxylic acids is 1. The Balaban J connectivity index is 2.16. The molecule has 0 saturated heterocycles. The highest BCUT2D eigenvalue weighted by atomic mass is 16.1. The summed E-state index contributed by atoms with van der Waals surface area (Å²) >= 11 is 0. The first kappa shape index (κ1) is 12.6. The molecule has 90 valence electrons. The summed E-state index contributed by atoms with van der Waals surface area (Å²) in [6.45, 7) is 5.69. The van der Waals surface area contributed by atoms with Crippen molar-refractivity contribution in [2.75, 3.05) is 13.1 Å². The number of amides is 1. The van der Waals surface area contributed by atoms with Crippen LogP contribution in [0.5, 0.6) is 0 Å². The van der Waals surface area contributed by atoms with Crippen molar-refractivity contribution in [2.24, 2.45) is 13.0 Å². The zero-order valence-corrected chi connectivity index (χ0v) is 10.0. The van der Waals surface area contributed by atoms with Gasteiger partial charge in [0.2, 0.25) is 5.91 Å². The number of aryl methyl sites for hydroxylation is 1. The van der Waals surface area contributed by atoms with Crippen LogP contribution in [0.4, 0.5) is 0 Å². The van der Waals surface area contributed by atoms with Gasteiger partial charge in [-0.05, 0) is 5.92 Å². The Kier molecular flexibility index (Phi) is 4.91. The lowest BCUT2D eigenvalue weighted by Gasteiger charge is -2.08. The van der Waals surface area contributed by atoms with Gasteiger partial charge in [-0.3, -0.25) is 4.79 Å². The summed E-state index contributed by atoms with van der Waals surface area (Å²) in [5, 5.41) is 13.5. The molecule has 0 aliphatic rings. The molecule has 0 bridgehead atoms. The van der Waals surface area contributed by atoms with E-state index in [9.17, 15) is 4.79 Å². The molecular weight excluding hydrogens is 206 g/mol. The number of hydrogen-bond donors (Lipinski definition) is 2. The minimum absolute atomic E-state index is 0.0101. The van der Waals surface area contributed by atoms with Crippen LogP contribution in [0.15, 0.2) is 6.33 Å². The zero-order chi connectivity index (χ0) is 12.0. The van der Waals surface area contributed by atoms with Crippen LogP contribution < -0.4 is 10.6 Å². The third-order valence-electron chi connectivity index (χ3n) is 2.08. The summed E-state index contributed by atoms with van der Waals surface area (Å²) in [5.74, 6) is 1.30. The molecule has 0 spiro atoms. The molecule has 2 N–H and O–H groups in total. The Morgan fingerprint density at radius 2 is 2.31 bits per heavy atom. The summed E-state index contributed by atoms with van der Waals surface area (Å²) in [5.41, 5.74) is 0. The van der Waals surface area contributed by atoms with Gasteiger partial charge in [0, 0.05) is 13.6 Å². The Hall–Kier alpha value is -1.43. The topological polar surface area (TPSA) is 71.8 Å². The molecule has 6 nitrogen and oxygen atoms in total. The molecule has 1 aromatic heterocycles. The van der Waals surface area contributed by atoms with Crippen molar-refractivity contribution in [3.63, 3.8) is 0 Å². The lowest BCUT2D eigenvalue weighted by Crippen LogP contribution is -2.35. The van der Waals surface area contributed by atoms with Crippen molar-refractivity contribution < 1.29 is 4.79 Å². The molecule has 1 aromatic rings. The van der Waals surface area contributed by atoms with E-state index in [2.05, 4.69) is 34.7 Å². The second-order valence-electron chi connectivity index (χ2n) is 4.16. The van der Waals surface area contributed by atoms with Gasteiger partial charge in [0.05, 0.1) is 13.1 Å². The van der Waals surface area contributed by atoms with Gasteiger partial charge in [-0.25, -0.2) is 0 Å². The second kappa shape index (κ2) is 6.22. The van der Waals surface area contributed by atoms with Gasteiger partial charge in [-0.2, -0.15) is 0 Å². The molecule has 6 heteroatoms. The van der Waals surface area contributed by atoms with Gasteiger partial charge in [-0.1, -0.05) is 13.8 Å². The van der Waals surface area contributed by atoms with E-state index in [1.165, 1.54) is 0 Å². The fourth-order valence-corrected chi connectivity index (χ4v) is 1.14. The Morgan fingerprint density at radius 3 is 2.88 bits per heavy atom. The second-order valence-corrected chi connectivity index (χ2v) is 4.16.